The maximum atomic E-state index is 15.1. The van der Waals surface area contributed by atoms with Crippen LogP contribution in [-0.4, -0.2) is 227 Å². The number of likely N-dealkylation sites (N-methyl/N-ethyl adjacent to an activating group) is 7. The van der Waals surface area contributed by atoms with Gasteiger partial charge in [0.1, 0.15) is 60.4 Å². The molecule has 0 radical (unpaired) electrons. The highest BCUT2D eigenvalue weighted by Gasteiger charge is 2.45. The molecule has 0 spiro atoms. The largest absolute Gasteiger partial charge is 0.390 e. The average Bonchev–Trinajstić information content (AvgIpc) is 3.55. The van der Waals surface area contributed by atoms with Crippen LogP contribution in [-0.2, 0) is 52.7 Å². The van der Waals surface area contributed by atoms with Gasteiger partial charge in [-0.3, -0.25) is 52.7 Å². The summed E-state index contributed by atoms with van der Waals surface area (Å²) in [5.74, 6) is -9.15. The van der Waals surface area contributed by atoms with Crippen molar-refractivity contribution < 1.29 is 57.8 Å². The Kier molecular flexibility index (Phi) is 31.4. The van der Waals surface area contributed by atoms with E-state index in [0.29, 0.717) is 6.42 Å². The van der Waals surface area contributed by atoms with E-state index in [-0.39, 0.29) is 62.2 Å². The van der Waals surface area contributed by atoms with E-state index in [1.54, 1.807) is 53.7 Å². The fraction of sp³-hybridized carbons (Fsp3) is 0.787. The van der Waals surface area contributed by atoms with Gasteiger partial charge < -0.3 is 60.7 Å². The van der Waals surface area contributed by atoms with Gasteiger partial charge in [0.15, 0.2) is 0 Å². The van der Waals surface area contributed by atoms with Gasteiger partial charge in [0.25, 0.3) is 0 Å². The maximum Gasteiger partial charge on any atom is 0.246 e. The van der Waals surface area contributed by atoms with Crippen LogP contribution in [0.25, 0.3) is 0 Å². The molecule has 5 N–H and O–H groups in total. The average molecular weight is 1190 g/mol. The van der Waals surface area contributed by atoms with E-state index in [1.165, 1.54) is 87.7 Å². The normalized spacial score (nSPS) is 27.0. The molecule has 1 saturated heterocycles. The first-order chi connectivity index (χ1) is 38.8. The maximum absolute atomic E-state index is 15.1. The van der Waals surface area contributed by atoms with E-state index in [9.17, 15) is 48.3 Å². The predicted octanol–water partition coefficient (Wildman–Crippen LogP) is 3.02. The zero-order valence-corrected chi connectivity index (χ0v) is 55.2. The van der Waals surface area contributed by atoms with Gasteiger partial charge in [-0.2, -0.15) is 0 Å². The van der Waals surface area contributed by atoms with Gasteiger partial charge in [-0.1, -0.05) is 102 Å². The van der Waals surface area contributed by atoms with E-state index >= 15 is 9.59 Å². The minimum Gasteiger partial charge on any atom is -0.390 e. The summed E-state index contributed by atoms with van der Waals surface area (Å²) in [6, 6.07) is -12.3. The van der Waals surface area contributed by atoms with Gasteiger partial charge >= 0.3 is 0 Å². The second-order valence-corrected chi connectivity index (χ2v) is 25.3. The zero-order chi connectivity index (χ0) is 65.1. The smallest absolute Gasteiger partial charge is 0.246 e. The van der Waals surface area contributed by atoms with Crippen molar-refractivity contribution in [2.75, 3.05) is 55.9 Å². The zero-order valence-electron chi connectivity index (χ0n) is 55.2. The Hall–Kier alpha value is -6.13. The molecule has 0 aromatic heterocycles. The van der Waals surface area contributed by atoms with E-state index < -0.39 is 150 Å². The van der Waals surface area contributed by atoms with Gasteiger partial charge in [-0.05, 0) is 101 Å². The minimum absolute atomic E-state index is 0.0247. The van der Waals surface area contributed by atoms with Gasteiger partial charge in [-0.15, -0.1) is 0 Å². The van der Waals surface area contributed by atoms with E-state index in [0.717, 1.165) is 9.80 Å². The quantitative estimate of drug-likeness (QED) is 0.148. The van der Waals surface area contributed by atoms with Gasteiger partial charge in [0.05, 0.1) is 12.6 Å². The lowest BCUT2D eigenvalue weighted by molar-refractivity contribution is -0.157. The van der Waals surface area contributed by atoms with Crippen LogP contribution in [0.1, 0.15) is 156 Å². The number of hydrogen-bond acceptors (Lipinski definition) is 12. The van der Waals surface area contributed by atoms with Gasteiger partial charge in [-0.25, -0.2) is 0 Å². The molecule has 480 valence electrons. The number of hydrogen-bond donors (Lipinski definition) is 5. The molecule has 0 saturated carbocycles. The molecule has 1 aliphatic rings. The Labute approximate surface area is 502 Å². The first-order valence-electron chi connectivity index (χ1n) is 30.2. The lowest BCUT2D eigenvalue weighted by atomic mass is 9.91. The summed E-state index contributed by atoms with van der Waals surface area (Å²) in [7, 11) is 9.90. The molecule has 84 heavy (non-hydrogen) atoms. The highest BCUT2D eigenvalue weighted by atomic mass is 16.3. The van der Waals surface area contributed by atoms with Crippen molar-refractivity contribution in [1.29, 1.82) is 0 Å². The molecule has 1 fully saturated rings. The Morgan fingerprint density at radius 3 is 1.29 bits per heavy atom. The number of rotatable bonds is 15. The van der Waals surface area contributed by atoms with Crippen molar-refractivity contribution in [3.63, 3.8) is 0 Å². The molecule has 1 aliphatic heterocycles. The predicted molar refractivity (Wildman–Crippen MR) is 324 cm³/mol. The van der Waals surface area contributed by atoms with Crippen LogP contribution < -0.4 is 21.3 Å². The van der Waals surface area contributed by atoms with Gasteiger partial charge in [0, 0.05) is 49.3 Å². The first-order valence-corrected chi connectivity index (χ1v) is 30.2. The molecular weight excluding hydrogens is 1080 g/mol. The number of nitrogens with one attached hydrogen (secondary N) is 4. The molecule has 0 aliphatic carbocycles. The molecule has 23 nitrogen and oxygen atoms in total. The molecule has 23 heteroatoms. The lowest BCUT2D eigenvalue weighted by Crippen LogP contribution is -2.63. The lowest BCUT2D eigenvalue weighted by Gasteiger charge is -2.41. The van der Waals surface area contributed by atoms with Crippen LogP contribution in [0.4, 0.5) is 0 Å². The number of amides is 11. The Balaban J connectivity index is 4.29. The van der Waals surface area contributed by atoms with Crippen LogP contribution in [0.2, 0.25) is 0 Å². The summed E-state index contributed by atoms with van der Waals surface area (Å²) in [4.78, 5) is 168. The van der Waals surface area contributed by atoms with Crippen molar-refractivity contribution >= 4 is 65.0 Å². The standard InChI is InChI=1S/C61H109N11O12/c1-24-27-28-39(14)51(74)50-55(78)65-42(25-2)57(80)66(17)33-48(73)67(18)44(29-34(4)5)54(77)64-43(26-3)58(81)68(19)45(30-35(6)7)53(76)62-40(15)52(75)63-41(16)56(79)69(20)46(31-36(8)9)59(82)70(21)47(32-37(10)11)60(83)71(22)49(38(12)13)61(84)72(50)23/h24,27,34-47,49-51,74H,25-26,28-33H2,1-23H3,(H,62,76)(H,63,75)(H,64,77)(H,65,78)/b27-24+/t39-,40+,41-,42+,43+,44+,45+,46+,47+,49+,50+,51-/m1/s1. The molecule has 12 atom stereocenters. The number of carbonyl (C=O) groups excluding carboxylic acids is 11. The number of aliphatic hydroxyl groups excluding tert-OH is 1. The highest BCUT2D eigenvalue weighted by molar-refractivity contribution is 5.99. The van der Waals surface area contributed by atoms with Crippen molar-refractivity contribution in [2.24, 2.45) is 35.5 Å². The number of aliphatic hydroxyl groups is 1. The van der Waals surface area contributed by atoms with E-state index in [2.05, 4.69) is 21.3 Å². The summed E-state index contributed by atoms with van der Waals surface area (Å²) in [6.45, 7) is 27.5. The van der Waals surface area contributed by atoms with Crippen molar-refractivity contribution in [2.45, 2.75) is 222 Å². The summed E-state index contributed by atoms with van der Waals surface area (Å²) < 4.78 is 0. The third-order valence-electron chi connectivity index (χ3n) is 15.9. The van der Waals surface area contributed by atoms with Crippen LogP contribution in [0, 0.1) is 35.5 Å². The molecule has 0 unspecified atom stereocenters. The SMILES string of the molecule is C/C=C/C[C@@H](C)[C@@H](O)[C@H]1C(=O)N[C@@H](CC)C(=O)N(C)CC(=O)N(C)[C@@H](CC(C)C)C(=O)N[C@@H](CC)C(=O)N(C)[C@@H](CC(C)C)C(=O)N[C@@H](C)C(=O)N[C@H](C)C(=O)N(C)[C@@H](CC(C)C)C(=O)N(C)[C@@H](CC(C)C)C(=O)N(C)[C@@H](C(C)C)C(=O)N1C. The molecule has 1 rings (SSSR count). The Morgan fingerprint density at radius 2 is 0.833 bits per heavy atom. The minimum atomic E-state index is -1.61. The topological polar surface area (TPSA) is 279 Å². The molecule has 0 aromatic carbocycles. The monoisotopic (exact) mass is 1190 g/mol. The summed E-state index contributed by atoms with van der Waals surface area (Å²) >= 11 is 0. The third kappa shape index (κ3) is 21.1. The Bertz CT molecular complexity index is 2290. The van der Waals surface area contributed by atoms with Crippen LogP contribution >= 0.6 is 0 Å². The second-order valence-electron chi connectivity index (χ2n) is 25.3. The summed E-state index contributed by atoms with van der Waals surface area (Å²) in [6.07, 6.45) is 3.16. The molecule has 0 bridgehead atoms. The number of carbonyl (C=O) groups is 11. The number of allylic oxidation sites excluding steroid dienone is 2. The third-order valence-corrected chi connectivity index (χ3v) is 15.9. The van der Waals surface area contributed by atoms with Crippen LogP contribution in [0.5, 0.6) is 0 Å². The molecule has 0 aromatic rings. The van der Waals surface area contributed by atoms with Crippen molar-refractivity contribution in [1.82, 2.24) is 55.6 Å². The van der Waals surface area contributed by atoms with Gasteiger partial charge in [0.2, 0.25) is 65.0 Å². The molecule has 11 amide bonds. The van der Waals surface area contributed by atoms with Crippen molar-refractivity contribution in [3.8, 4) is 0 Å². The molecule has 1 heterocycles. The summed E-state index contributed by atoms with van der Waals surface area (Å²) in [5.41, 5.74) is 0. The second kappa shape index (κ2) is 34.7. The highest BCUT2D eigenvalue weighted by Crippen LogP contribution is 2.25. The number of nitrogens with zero attached hydrogens (tertiary/aromatic N) is 7. The van der Waals surface area contributed by atoms with Crippen molar-refractivity contribution in [3.05, 3.63) is 12.2 Å². The van der Waals surface area contributed by atoms with Crippen LogP contribution in [0.15, 0.2) is 12.2 Å². The van der Waals surface area contributed by atoms with Crippen LogP contribution in [0.3, 0.4) is 0 Å². The van der Waals surface area contributed by atoms with E-state index in [4.69, 9.17) is 0 Å². The summed E-state index contributed by atoms with van der Waals surface area (Å²) in [5, 5.41) is 23.0. The molecular formula is C61H109N11O12. The Morgan fingerprint density at radius 1 is 0.452 bits per heavy atom. The first kappa shape index (κ1) is 75.9. The fourth-order valence-electron chi connectivity index (χ4n) is 10.6. The fourth-order valence-corrected chi connectivity index (χ4v) is 10.6. The van der Waals surface area contributed by atoms with E-state index in [1.807, 2.05) is 55.4 Å².